The topological polar surface area (TPSA) is 0 Å². The van der Waals surface area contributed by atoms with Gasteiger partial charge in [0.15, 0.2) is 0 Å². The first-order valence-electron chi connectivity index (χ1n) is 3.36. The average molecular weight is 156 g/mol. The van der Waals surface area contributed by atoms with Gasteiger partial charge in [-0.2, -0.15) is 0 Å². The van der Waals surface area contributed by atoms with Crippen LogP contribution in [0.4, 0.5) is 0 Å². The summed E-state index contributed by atoms with van der Waals surface area (Å²) in [5.74, 6) is 0. The van der Waals surface area contributed by atoms with Gasteiger partial charge in [0.1, 0.15) is 0 Å². The van der Waals surface area contributed by atoms with Crippen molar-refractivity contribution in [1.29, 1.82) is 0 Å². The standard InChI is InChI=1S/C7H10S.C2H6/c1-4-5-7(8)6(2)3;1-2/h4-5,8H,1-2H2,3H3;1-2H3/b7-5+;. The van der Waals surface area contributed by atoms with Crippen molar-refractivity contribution in [3.63, 3.8) is 0 Å². The van der Waals surface area contributed by atoms with Crippen LogP contribution in [0.25, 0.3) is 0 Å². The third kappa shape index (κ3) is 7.57. The Morgan fingerprint density at radius 3 is 1.90 bits per heavy atom. The van der Waals surface area contributed by atoms with Gasteiger partial charge in [-0.15, -0.1) is 12.6 Å². The van der Waals surface area contributed by atoms with E-state index >= 15 is 0 Å². The first-order chi connectivity index (χ1) is 4.68. The summed E-state index contributed by atoms with van der Waals surface area (Å²) in [5, 5.41) is 0. The fourth-order valence-corrected chi connectivity index (χ4v) is 0.359. The lowest BCUT2D eigenvalue weighted by atomic mass is 10.3. The van der Waals surface area contributed by atoms with Gasteiger partial charge in [-0.1, -0.05) is 33.1 Å². The molecule has 10 heavy (non-hydrogen) atoms. The maximum absolute atomic E-state index is 4.10. The van der Waals surface area contributed by atoms with E-state index in [1.54, 1.807) is 6.08 Å². The number of allylic oxidation sites excluding steroid dienone is 3. The van der Waals surface area contributed by atoms with Gasteiger partial charge in [0, 0.05) is 4.91 Å². The largest absolute Gasteiger partial charge is 0.143 e. The van der Waals surface area contributed by atoms with E-state index in [9.17, 15) is 0 Å². The summed E-state index contributed by atoms with van der Waals surface area (Å²) in [6.45, 7) is 13.1. The molecule has 0 N–H and O–H groups in total. The minimum absolute atomic E-state index is 0.889. The Morgan fingerprint density at radius 1 is 1.40 bits per heavy atom. The lowest BCUT2D eigenvalue weighted by Crippen LogP contribution is -1.68. The van der Waals surface area contributed by atoms with Crippen LogP contribution < -0.4 is 0 Å². The Bertz CT molecular complexity index is 132. The Morgan fingerprint density at radius 2 is 1.80 bits per heavy atom. The highest BCUT2D eigenvalue weighted by Crippen LogP contribution is 2.09. The van der Waals surface area contributed by atoms with E-state index < -0.39 is 0 Å². The highest BCUT2D eigenvalue weighted by atomic mass is 32.1. The summed E-state index contributed by atoms with van der Waals surface area (Å²) in [6.07, 6.45) is 3.50. The van der Waals surface area contributed by atoms with Crippen molar-refractivity contribution in [2.45, 2.75) is 20.8 Å². The van der Waals surface area contributed by atoms with Crippen molar-refractivity contribution in [2.75, 3.05) is 0 Å². The van der Waals surface area contributed by atoms with Crippen LogP contribution in [0.2, 0.25) is 0 Å². The molecule has 0 aliphatic rings. The van der Waals surface area contributed by atoms with E-state index in [-0.39, 0.29) is 0 Å². The molecule has 0 aliphatic heterocycles. The van der Waals surface area contributed by atoms with Gasteiger partial charge in [-0.3, -0.25) is 0 Å². The summed E-state index contributed by atoms with van der Waals surface area (Å²) in [7, 11) is 0. The number of hydrogen-bond donors (Lipinski definition) is 1. The molecule has 0 amide bonds. The molecule has 0 radical (unpaired) electrons. The monoisotopic (exact) mass is 156 g/mol. The molecule has 58 valence electrons. The molecule has 0 nitrogen and oxygen atoms in total. The van der Waals surface area contributed by atoms with Gasteiger partial charge in [0.25, 0.3) is 0 Å². The predicted molar refractivity (Wildman–Crippen MR) is 53.4 cm³/mol. The van der Waals surface area contributed by atoms with Crippen LogP contribution in [0, 0.1) is 0 Å². The van der Waals surface area contributed by atoms with Crippen molar-refractivity contribution in [3.8, 4) is 0 Å². The van der Waals surface area contributed by atoms with Crippen LogP contribution in [0.15, 0.2) is 35.8 Å². The zero-order valence-corrected chi connectivity index (χ0v) is 7.91. The highest BCUT2D eigenvalue weighted by Gasteiger charge is 1.83. The van der Waals surface area contributed by atoms with Crippen LogP contribution >= 0.6 is 12.6 Å². The van der Waals surface area contributed by atoms with Gasteiger partial charge in [0.05, 0.1) is 0 Å². The number of hydrogen-bond acceptors (Lipinski definition) is 1. The maximum atomic E-state index is 4.10. The van der Waals surface area contributed by atoms with E-state index in [0.717, 1.165) is 10.5 Å². The third-order valence-electron chi connectivity index (χ3n) is 0.713. The van der Waals surface area contributed by atoms with Crippen LogP contribution in [0.5, 0.6) is 0 Å². The second-order valence-electron chi connectivity index (χ2n) is 1.57. The van der Waals surface area contributed by atoms with Crippen LogP contribution in [-0.2, 0) is 0 Å². The molecular weight excluding hydrogens is 140 g/mol. The molecule has 1 heteroatoms. The van der Waals surface area contributed by atoms with Gasteiger partial charge in [-0.05, 0) is 18.6 Å². The molecule has 0 bridgehead atoms. The molecule has 0 rings (SSSR count). The molecule has 0 heterocycles. The van der Waals surface area contributed by atoms with Crippen LogP contribution in [-0.4, -0.2) is 0 Å². The lowest BCUT2D eigenvalue weighted by molar-refractivity contribution is 1.50. The molecule has 0 aromatic carbocycles. The SMILES string of the molecule is C=C/C=C(/S)C(=C)C.CC. The Balaban J connectivity index is 0. The Labute approximate surface area is 69.8 Å². The molecule has 0 unspecified atom stereocenters. The first-order valence-corrected chi connectivity index (χ1v) is 3.80. The summed E-state index contributed by atoms with van der Waals surface area (Å²) in [6, 6.07) is 0. The fourth-order valence-electron chi connectivity index (χ4n) is 0.254. The van der Waals surface area contributed by atoms with Gasteiger partial charge in [0.2, 0.25) is 0 Å². The minimum atomic E-state index is 0.889. The van der Waals surface area contributed by atoms with Crippen LogP contribution in [0.1, 0.15) is 20.8 Å². The fraction of sp³-hybridized carbons (Fsp3) is 0.333. The van der Waals surface area contributed by atoms with Crippen molar-refractivity contribution in [2.24, 2.45) is 0 Å². The van der Waals surface area contributed by atoms with Gasteiger partial charge >= 0.3 is 0 Å². The molecular formula is C9H16S. The maximum Gasteiger partial charge on any atom is 0.00631 e. The molecule has 0 atom stereocenters. The summed E-state index contributed by atoms with van der Waals surface area (Å²) >= 11 is 4.10. The number of thiol groups is 1. The highest BCUT2D eigenvalue weighted by molar-refractivity contribution is 7.84. The molecule has 0 aromatic heterocycles. The zero-order chi connectivity index (χ0) is 8.57. The molecule has 0 saturated carbocycles. The van der Waals surface area contributed by atoms with Gasteiger partial charge < -0.3 is 0 Å². The molecule has 0 fully saturated rings. The summed E-state index contributed by atoms with van der Waals surface area (Å²) in [5.41, 5.74) is 0.966. The van der Waals surface area contributed by atoms with E-state index in [0.29, 0.717) is 0 Å². The average Bonchev–Trinajstić information content (AvgIpc) is 1.93. The smallest absolute Gasteiger partial charge is 0.00631 e. The van der Waals surface area contributed by atoms with Crippen molar-refractivity contribution < 1.29 is 0 Å². The summed E-state index contributed by atoms with van der Waals surface area (Å²) < 4.78 is 0. The number of rotatable bonds is 2. The van der Waals surface area contributed by atoms with Gasteiger partial charge in [-0.25, -0.2) is 0 Å². The van der Waals surface area contributed by atoms with Crippen molar-refractivity contribution in [3.05, 3.63) is 35.8 Å². The summed E-state index contributed by atoms with van der Waals surface area (Å²) in [4.78, 5) is 0.889. The first kappa shape index (κ1) is 12.3. The third-order valence-corrected chi connectivity index (χ3v) is 1.24. The van der Waals surface area contributed by atoms with E-state index in [1.165, 1.54) is 0 Å². The van der Waals surface area contributed by atoms with E-state index in [1.807, 2.05) is 26.8 Å². The predicted octanol–water partition coefficient (Wildman–Crippen LogP) is 3.59. The lowest BCUT2D eigenvalue weighted by Gasteiger charge is -1.91. The quantitative estimate of drug-likeness (QED) is 0.458. The molecule has 0 saturated heterocycles. The second-order valence-corrected chi connectivity index (χ2v) is 2.05. The van der Waals surface area contributed by atoms with E-state index in [4.69, 9.17) is 0 Å². The molecule has 0 aromatic rings. The van der Waals surface area contributed by atoms with Crippen molar-refractivity contribution >= 4 is 12.6 Å². The Kier molecular flexibility index (Phi) is 10.5. The van der Waals surface area contributed by atoms with Crippen LogP contribution in [0.3, 0.4) is 0 Å². The van der Waals surface area contributed by atoms with Crippen molar-refractivity contribution in [1.82, 2.24) is 0 Å². The molecule has 0 spiro atoms. The normalized spacial score (nSPS) is 9.40. The molecule has 0 aliphatic carbocycles. The van der Waals surface area contributed by atoms with E-state index in [2.05, 4.69) is 25.8 Å². The Hall–Kier alpha value is -0.430. The minimum Gasteiger partial charge on any atom is -0.143 e. The second kappa shape index (κ2) is 8.57. The zero-order valence-electron chi connectivity index (χ0n) is 7.02.